The first kappa shape index (κ1) is 16.7. The van der Waals surface area contributed by atoms with Crippen LogP contribution in [0.25, 0.3) is 0 Å². The molecule has 0 radical (unpaired) electrons. The number of nitrogens with two attached hydrogens (primary N) is 3. The third-order valence-corrected chi connectivity index (χ3v) is 2.18. The summed E-state index contributed by atoms with van der Waals surface area (Å²) in [5.41, 5.74) is 15.1. The molecule has 9 heteroatoms. The predicted molar refractivity (Wildman–Crippen MR) is 67.9 cm³/mol. The van der Waals surface area contributed by atoms with Crippen LogP contribution in [0.15, 0.2) is 4.99 Å². The van der Waals surface area contributed by atoms with E-state index in [9.17, 15) is 14.4 Å². The fraction of sp³-hybridized carbons (Fsp3) is 0.600. The number of rotatable bonds is 9. The molecule has 0 aromatic carbocycles. The van der Waals surface area contributed by atoms with E-state index >= 15 is 0 Å². The van der Waals surface area contributed by atoms with Crippen molar-refractivity contribution in [2.45, 2.75) is 31.7 Å². The number of guanidine groups is 1. The van der Waals surface area contributed by atoms with Crippen molar-refractivity contribution < 1.29 is 19.5 Å². The number of nitrogens with one attached hydrogen (secondary N) is 1. The number of hydrogen-bond acceptors (Lipinski definition) is 4. The van der Waals surface area contributed by atoms with Crippen LogP contribution in [0.5, 0.6) is 0 Å². The van der Waals surface area contributed by atoms with E-state index in [-0.39, 0.29) is 31.8 Å². The molecule has 8 N–H and O–H groups in total. The molecule has 19 heavy (non-hydrogen) atoms. The summed E-state index contributed by atoms with van der Waals surface area (Å²) in [7, 11) is 0. The molecule has 0 saturated heterocycles. The largest absolute Gasteiger partial charge is 0.480 e. The van der Waals surface area contributed by atoms with Crippen molar-refractivity contribution >= 4 is 23.7 Å². The quantitative estimate of drug-likeness (QED) is 0.182. The van der Waals surface area contributed by atoms with Crippen LogP contribution in [0.4, 0.5) is 0 Å². The molecule has 0 aromatic heterocycles. The Balaban J connectivity index is 4.11. The second-order valence-corrected chi connectivity index (χ2v) is 3.87. The van der Waals surface area contributed by atoms with Crippen LogP contribution in [0.1, 0.15) is 25.7 Å². The summed E-state index contributed by atoms with van der Waals surface area (Å²) < 4.78 is 0. The number of carboxylic acids is 1. The van der Waals surface area contributed by atoms with Crippen LogP contribution >= 0.6 is 0 Å². The van der Waals surface area contributed by atoms with Crippen molar-refractivity contribution in [3.05, 3.63) is 0 Å². The summed E-state index contributed by atoms with van der Waals surface area (Å²) in [4.78, 5) is 36.4. The lowest BCUT2D eigenvalue weighted by atomic mass is 10.1. The molecule has 0 spiro atoms. The van der Waals surface area contributed by atoms with Crippen molar-refractivity contribution in [1.29, 1.82) is 0 Å². The van der Waals surface area contributed by atoms with Crippen LogP contribution < -0.4 is 22.5 Å². The van der Waals surface area contributed by atoms with Gasteiger partial charge in [-0.05, 0) is 12.8 Å². The molecule has 0 fully saturated rings. The number of aliphatic carboxylic acids is 1. The van der Waals surface area contributed by atoms with Gasteiger partial charge in [0.05, 0.1) is 0 Å². The third kappa shape index (κ3) is 9.39. The van der Waals surface area contributed by atoms with Gasteiger partial charge in [-0.3, -0.25) is 14.6 Å². The van der Waals surface area contributed by atoms with Gasteiger partial charge in [-0.2, -0.15) is 0 Å². The van der Waals surface area contributed by atoms with Crippen molar-refractivity contribution in [1.82, 2.24) is 5.32 Å². The Bertz CT molecular complexity index is 365. The predicted octanol–water partition coefficient (Wildman–Crippen LogP) is -2.13. The number of primary amides is 1. The molecular weight excluding hydrogens is 254 g/mol. The molecular formula is C10H19N5O4. The van der Waals surface area contributed by atoms with E-state index in [1.807, 2.05) is 0 Å². The number of amides is 2. The first-order chi connectivity index (χ1) is 8.82. The molecule has 0 heterocycles. The van der Waals surface area contributed by atoms with Crippen molar-refractivity contribution in [3.63, 3.8) is 0 Å². The van der Waals surface area contributed by atoms with E-state index < -0.39 is 23.8 Å². The molecule has 2 amide bonds. The molecule has 1 atom stereocenters. The average molecular weight is 273 g/mol. The summed E-state index contributed by atoms with van der Waals surface area (Å²) in [5, 5.41) is 11.2. The fourth-order valence-corrected chi connectivity index (χ4v) is 1.26. The lowest BCUT2D eigenvalue weighted by Gasteiger charge is -2.13. The Hall–Kier alpha value is -2.32. The Morgan fingerprint density at radius 3 is 2.26 bits per heavy atom. The molecule has 0 saturated carbocycles. The highest BCUT2D eigenvalue weighted by Crippen LogP contribution is 2.00. The number of carbonyl (C=O) groups excluding carboxylic acids is 2. The number of hydrogen-bond donors (Lipinski definition) is 5. The molecule has 0 bridgehead atoms. The van der Waals surface area contributed by atoms with Gasteiger partial charge in [0.2, 0.25) is 11.8 Å². The first-order valence-corrected chi connectivity index (χ1v) is 5.68. The Kier molecular flexibility index (Phi) is 7.66. The number of nitrogens with zero attached hydrogens (tertiary/aromatic N) is 1. The number of carboxylic acid groups (broad SMARTS) is 1. The minimum absolute atomic E-state index is 0.0719. The summed E-state index contributed by atoms with van der Waals surface area (Å²) in [6.45, 7) is 0.281. The average Bonchev–Trinajstić information content (AvgIpc) is 2.29. The smallest absolute Gasteiger partial charge is 0.326 e. The highest BCUT2D eigenvalue weighted by molar-refractivity contribution is 5.86. The zero-order chi connectivity index (χ0) is 14.8. The second-order valence-electron chi connectivity index (χ2n) is 3.87. The standard InChI is InChI=1S/C10H19N5O4/c11-7(16)3-4-8(17)15-6(9(18)19)2-1-5-14-10(12)13/h6H,1-5H2,(H2,11,16)(H,15,17)(H,18,19)(H4,12,13,14)/t6-/m0/s1. The van der Waals surface area contributed by atoms with E-state index in [1.165, 1.54) is 0 Å². The van der Waals surface area contributed by atoms with Crippen molar-refractivity contribution in [2.75, 3.05) is 6.54 Å². The van der Waals surface area contributed by atoms with Crippen LogP contribution in [-0.4, -0.2) is 41.4 Å². The summed E-state index contributed by atoms with van der Waals surface area (Å²) in [6.07, 6.45) is 0.346. The van der Waals surface area contributed by atoms with Gasteiger partial charge in [-0.1, -0.05) is 0 Å². The molecule has 108 valence electrons. The van der Waals surface area contributed by atoms with Gasteiger partial charge in [0.15, 0.2) is 5.96 Å². The van der Waals surface area contributed by atoms with Crippen LogP contribution in [0, 0.1) is 0 Å². The summed E-state index contributed by atoms with van der Waals surface area (Å²) in [5.74, 6) is -2.38. The van der Waals surface area contributed by atoms with Crippen molar-refractivity contribution in [3.8, 4) is 0 Å². The Morgan fingerprint density at radius 2 is 1.79 bits per heavy atom. The molecule has 0 unspecified atom stereocenters. The fourth-order valence-electron chi connectivity index (χ4n) is 1.26. The minimum atomic E-state index is -1.16. The van der Waals surface area contributed by atoms with E-state index in [1.54, 1.807) is 0 Å². The lowest BCUT2D eigenvalue weighted by molar-refractivity contribution is -0.142. The zero-order valence-corrected chi connectivity index (χ0v) is 10.5. The third-order valence-electron chi connectivity index (χ3n) is 2.18. The SMILES string of the molecule is NC(=O)CCC(=O)N[C@@H](CCCN=C(N)N)C(=O)O. The van der Waals surface area contributed by atoms with E-state index in [0.717, 1.165) is 0 Å². The van der Waals surface area contributed by atoms with Gasteiger partial charge in [-0.15, -0.1) is 0 Å². The molecule has 0 aliphatic heterocycles. The molecule has 0 rings (SSSR count). The molecule has 0 aliphatic carbocycles. The van der Waals surface area contributed by atoms with Gasteiger partial charge >= 0.3 is 5.97 Å². The van der Waals surface area contributed by atoms with Gasteiger partial charge in [0.1, 0.15) is 6.04 Å². The maximum Gasteiger partial charge on any atom is 0.326 e. The van der Waals surface area contributed by atoms with E-state index in [4.69, 9.17) is 22.3 Å². The second kappa shape index (κ2) is 8.72. The zero-order valence-electron chi connectivity index (χ0n) is 10.5. The first-order valence-electron chi connectivity index (χ1n) is 5.68. The maximum absolute atomic E-state index is 11.4. The highest BCUT2D eigenvalue weighted by atomic mass is 16.4. The van der Waals surface area contributed by atoms with Crippen LogP contribution in [-0.2, 0) is 14.4 Å². The number of aliphatic imine (C=N–C) groups is 1. The van der Waals surface area contributed by atoms with Crippen molar-refractivity contribution in [2.24, 2.45) is 22.2 Å². The Morgan fingerprint density at radius 1 is 1.16 bits per heavy atom. The van der Waals surface area contributed by atoms with Gasteiger partial charge in [-0.25, -0.2) is 4.79 Å². The molecule has 9 nitrogen and oxygen atoms in total. The van der Waals surface area contributed by atoms with Gasteiger partial charge < -0.3 is 27.6 Å². The van der Waals surface area contributed by atoms with Gasteiger partial charge in [0, 0.05) is 19.4 Å². The monoisotopic (exact) mass is 273 g/mol. The molecule has 0 aliphatic rings. The topological polar surface area (TPSA) is 174 Å². The maximum atomic E-state index is 11.4. The molecule has 0 aromatic rings. The van der Waals surface area contributed by atoms with E-state index in [2.05, 4.69) is 10.3 Å². The van der Waals surface area contributed by atoms with E-state index in [0.29, 0.717) is 6.42 Å². The Labute approximate surface area is 110 Å². The number of carbonyl (C=O) groups is 3. The lowest BCUT2D eigenvalue weighted by Crippen LogP contribution is -2.41. The van der Waals surface area contributed by atoms with Crippen LogP contribution in [0.3, 0.4) is 0 Å². The summed E-state index contributed by atoms with van der Waals surface area (Å²) in [6, 6.07) is -1.03. The normalized spacial score (nSPS) is 11.4. The highest BCUT2D eigenvalue weighted by Gasteiger charge is 2.19. The van der Waals surface area contributed by atoms with Crippen LogP contribution in [0.2, 0.25) is 0 Å². The summed E-state index contributed by atoms with van der Waals surface area (Å²) >= 11 is 0. The minimum Gasteiger partial charge on any atom is -0.480 e. The van der Waals surface area contributed by atoms with Gasteiger partial charge in [0.25, 0.3) is 0 Å².